The van der Waals surface area contributed by atoms with Crippen LogP contribution in [0.3, 0.4) is 0 Å². The van der Waals surface area contributed by atoms with Gasteiger partial charge in [-0.25, -0.2) is 13.1 Å². The predicted molar refractivity (Wildman–Crippen MR) is 100.0 cm³/mol. The van der Waals surface area contributed by atoms with Crippen LogP contribution >= 0.6 is 23.2 Å². The van der Waals surface area contributed by atoms with Crippen molar-refractivity contribution in [3.63, 3.8) is 0 Å². The normalized spacial score (nSPS) is 11.1. The fourth-order valence-corrected chi connectivity index (χ4v) is 4.11. The fraction of sp³-hybridized carbons (Fsp3) is 0. The van der Waals surface area contributed by atoms with E-state index >= 15 is 0 Å². The van der Waals surface area contributed by atoms with E-state index in [1.807, 2.05) is 6.07 Å². The molecule has 0 aliphatic rings. The van der Waals surface area contributed by atoms with Crippen molar-refractivity contribution in [3.8, 4) is 11.8 Å². The second-order valence-electron chi connectivity index (χ2n) is 5.14. The molecule has 1 aromatic heterocycles. The van der Waals surface area contributed by atoms with Gasteiger partial charge < -0.3 is 5.73 Å². The van der Waals surface area contributed by atoms with Gasteiger partial charge in [-0.1, -0.05) is 41.4 Å². The van der Waals surface area contributed by atoms with E-state index in [1.54, 1.807) is 24.3 Å². The first kappa shape index (κ1) is 18.1. The lowest BCUT2D eigenvalue weighted by Gasteiger charge is -2.14. The molecule has 10 heteroatoms. The van der Waals surface area contributed by atoms with Crippen molar-refractivity contribution in [2.45, 2.75) is 4.90 Å². The molecular formula is C16H11Cl2N5O2S. The summed E-state index contributed by atoms with van der Waals surface area (Å²) in [6, 6.07) is 12.7. The van der Waals surface area contributed by atoms with Crippen molar-refractivity contribution in [3.05, 3.63) is 64.3 Å². The summed E-state index contributed by atoms with van der Waals surface area (Å²) in [6.45, 7) is 0. The van der Waals surface area contributed by atoms with Crippen molar-refractivity contribution < 1.29 is 8.42 Å². The molecule has 0 fully saturated rings. The molecule has 1 heterocycles. The number of nitrogen functional groups attached to an aromatic ring is 1. The van der Waals surface area contributed by atoms with Crippen molar-refractivity contribution in [2.24, 2.45) is 0 Å². The van der Waals surface area contributed by atoms with Crippen LogP contribution in [0.25, 0.3) is 5.69 Å². The number of anilines is 2. The highest BCUT2D eigenvalue weighted by atomic mass is 35.5. The zero-order valence-electron chi connectivity index (χ0n) is 13.0. The number of nitrogens with two attached hydrogens (primary N) is 1. The maximum atomic E-state index is 12.7. The molecule has 2 aromatic carbocycles. The minimum atomic E-state index is -4.02. The molecular weight excluding hydrogens is 397 g/mol. The van der Waals surface area contributed by atoms with E-state index in [9.17, 15) is 8.42 Å². The highest BCUT2D eigenvalue weighted by Gasteiger charge is 2.22. The number of sulfonamides is 1. The van der Waals surface area contributed by atoms with Crippen LogP contribution in [0.2, 0.25) is 10.0 Å². The second kappa shape index (κ2) is 6.88. The molecule has 3 aromatic rings. The van der Waals surface area contributed by atoms with Crippen molar-refractivity contribution >= 4 is 44.7 Å². The number of hydrogen-bond acceptors (Lipinski definition) is 5. The van der Waals surface area contributed by atoms with E-state index in [0.717, 1.165) is 0 Å². The van der Waals surface area contributed by atoms with Crippen molar-refractivity contribution in [1.29, 1.82) is 5.26 Å². The summed E-state index contributed by atoms with van der Waals surface area (Å²) in [5, 5.41) is 13.1. The van der Waals surface area contributed by atoms with E-state index in [2.05, 4.69) is 9.82 Å². The lowest BCUT2D eigenvalue weighted by molar-refractivity contribution is 0.601. The first-order valence-electron chi connectivity index (χ1n) is 7.15. The SMILES string of the molecule is N#Cc1cnn(-c2ccccc2NS(=O)(=O)c2cccc(Cl)c2Cl)c1N. The van der Waals surface area contributed by atoms with Gasteiger partial charge in [-0.15, -0.1) is 0 Å². The van der Waals surface area contributed by atoms with Gasteiger partial charge >= 0.3 is 0 Å². The molecule has 3 N–H and O–H groups in total. The molecule has 3 rings (SSSR count). The van der Waals surface area contributed by atoms with Crippen LogP contribution < -0.4 is 10.5 Å². The Bertz CT molecular complexity index is 1140. The molecule has 0 saturated carbocycles. The number of rotatable bonds is 4. The lowest BCUT2D eigenvalue weighted by atomic mass is 10.2. The van der Waals surface area contributed by atoms with Gasteiger partial charge in [-0.05, 0) is 24.3 Å². The summed E-state index contributed by atoms with van der Waals surface area (Å²) in [5.41, 5.74) is 6.64. The Balaban J connectivity index is 2.08. The summed E-state index contributed by atoms with van der Waals surface area (Å²) < 4.78 is 29.2. The zero-order valence-corrected chi connectivity index (χ0v) is 15.3. The Hall–Kier alpha value is -2.73. The lowest BCUT2D eigenvalue weighted by Crippen LogP contribution is -2.16. The van der Waals surface area contributed by atoms with Gasteiger partial charge in [0, 0.05) is 0 Å². The molecule has 0 unspecified atom stereocenters. The van der Waals surface area contributed by atoms with E-state index < -0.39 is 10.0 Å². The zero-order chi connectivity index (χ0) is 18.9. The van der Waals surface area contributed by atoms with Crippen molar-refractivity contribution in [1.82, 2.24) is 9.78 Å². The summed E-state index contributed by atoms with van der Waals surface area (Å²) in [6.07, 6.45) is 1.30. The number of aromatic nitrogens is 2. The summed E-state index contributed by atoms with van der Waals surface area (Å²) in [4.78, 5) is -0.160. The number of hydrogen-bond donors (Lipinski definition) is 2. The quantitative estimate of drug-likeness (QED) is 0.687. The Morgan fingerprint density at radius 1 is 1.15 bits per heavy atom. The van der Waals surface area contributed by atoms with Crippen LogP contribution in [0.1, 0.15) is 5.56 Å². The van der Waals surface area contributed by atoms with Gasteiger partial charge in [0.2, 0.25) is 0 Å². The fourth-order valence-electron chi connectivity index (χ4n) is 2.27. The molecule has 0 aliphatic heterocycles. The van der Waals surface area contributed by atoms with Gasteiger partial charge in [-0.3, -0.25) is 4.72 Å². The minimum Gasteiger partial charge on any atom is -0.382 e. The summed E-state index contributed by atoms with van der Waals surface area (Å²) in [5.74, 6) is 0.0972. The van der Waals surface area contributed by atoms with E-state index in [0.29, 0.717) is 5.69 Å². The molecule has 0 bridgehead atoms. The number of para-hydroxylation sites is 2. The van der Waals surface area contributed by atoms with Crippen LogP contribution in [0.4, 0.5) is 11.5 Å². The van der Waals surface area contributed by atoms with Crippen LogP contribution in [-0.4, -0.2) is 18.2 Å². The van der Waals surface area contributed by atoms with Gasteiger partial charge in [0.1, 0.15) is 22.3 Å². The number of nitrogens with zero attached hydrogens (tertiary/aromatic N) is 3. The van der Waals surface area contributed by atoms with Gasteiger partial charge in [0.15, 0.2) is 0 Å². The molecule has 0 spiro atoms. The Morgan fingerprint density at radius 3 is 2.58 bits per heavy atom. The third kappa shape index (κ3) is 3.20. The molecule has 132 valence electrons. The first-order valence-corrected chi connectivity index (χ1v) is 9.39. The third-order valence-electron chi connectivity index (χ3n) is 3.51. The number of halogens is 2. The van der Waals surface area contributed by atoms with Gasteiger partial charge in [0.05, 0.1) is 27.6 Å². The van der Waals surface area contributed by atoms with Gasteiger partial charge in [-0.2, -0.15) is 10.4 Å². The molecule has 0 amide bonds. The molecule has 7 nitrogen and oxygen atoms in total. The predicted octanol–water partition coefficient (Wildman–Crippen LogP) is 3.43. The molecule has 0 atom stereocenters. The van der Waals surface area contributed by atoms with E-state index in [-0.39, 0.29) is 32.0 Å². The first-order chi connectivity index (χ1) is 12.3. The summed E-state index contributed by atoms with van der Waals surface area (Å²) in [7, 11) is -4.02. The van der Waals surface area contributed by atoms with Gasteiger partial charge in [0.25, 0.3) is 10.0 Å². The Kier molecular flexibility index (Phi) is 4.78. The standard InChI is InChI=1S/C16H11Cl2N5O2S/c17-11-4-3-7-14(15(11)18)26(24,25)22-12-5-1-2-6-13(12)23-16(20)10(8-19)9-21-23/h1-7,9,22H,20H2. The molecule has 0 aliphatic carbocycles. The molecule has 26 heavy (non-hydrogen) atoms. The maximum absolute atomic E-state index is 12.7. The minimum absolute atomic E-state index is 0.0792. The number of benzene rings is 2. The number of nitrogens with one attached hydrogen (secondary N) is 1. The average Bonchev–Trinajstić information content (AvgIpc) is 2.98. The third-order valence-corrected chi connectivity index (χ3v) is 5.85. The summed E-state index contributed by atoms with van der Waals surface area (Å²) >= 11 is 11.9. The van der Waals surface area contributed by atoms with Crippen molar-refractivity contribution in [2.75, 3.05) is 10.5 Å². The topological polar surface area (TPSA) is 114 Å². The van der Waals surface area contributed by atoms with E-state index in [4.69, 9.17) is 34.2 Å². The maximum Gasteiger partial charge on any atom is 0.263 e. The van der Waals surface area contributed by atoms with Crippen LogP contribution in [0, 0.1) is 11.3 Å². The highest BCUT2D eigenvalue weighted by Crippen LogP contribution is 2.31. The van der Waals surface area contributed by atoms with E-state index in [1.165, 1.54) is 29.1 Å². The smallest absolute Gasteiger partial charge is 0.263 e. The highest BCUT2D eigenvalue weighted by molar-refractivity contribution is 7.92. The average molecular weight is 408 g/mol. The molecule has 0 radical (unpaired) electrons. The Morgan fingerprint density at radius 2 is 1.88 bits per heavy atom. The second-order valence-corrected chi connectivity index (χ2v) is 7.58. The van der Waals surface area contributed by atoms with Crippen LogP contribution in [-0.2, 0) is 10.0 Å². The Labute approximate surface area is 159 Å². The largest absolute Gasteiger partial charge is 0.382 e. The monoisotopic (exact) mass is 407 g/mol. The number of nitriles is 1. The van der Waals surface area contributed by atoms with Crippen LogP contribution in [0.15, 0.2) is 53.6 Å². The molecule has 0 saturated heterocycles. The van der Waals surface area contributed by atoms with Crippen LogP contribution in [0.5, 0.6) is 0 Å².